The van der Waals surface area contributed by atoms with Gasteiger partial charge in [0.05, 0.1) is 5.56 Å². The van der Waals surface area contributed by atoms with E-state index >= 15 is 0 Å². The summed E-state index contributed by atoms with van der Waals surface area (Å²) < 4.78 is 0. The minimum Gasteiger partial charge on any atom is -0.478 e. The van der Waals surface area contributed by atoms with Gasteiger partial charge < -0.3 is 16.2 Å². The first-order chi connectivity index (χ1) is 8.99. The van der Waals surface area contributed by atoms with Crippen molar-refractivity contribution < 1.29 is 9.90 Å². The number of carboxylic acid groups (broad SMARTS) is 1. The molecule has 0 spiro atoms. The Balaban J connectivity index is 2.36. The summed E-state index contributed by atoms with van der Waals surface area (Å²) in [7, 11) is 0. The van der Waals surface area contributed by atoms with E-state index in [4.69, 9.17) is 10.8 Å². The average molecular weight is 256 g/mol. The quantitative estimate of drug-likeness (QED) is 0.736. The van der Waals surface area contributed by atoms with Crippen LogP contribution in [0.1, 0.15) is 21.5 Å². The second kappa shape index (κ2) is 5.02. The summed E-state index contributed by atoms with van der Waals surface area (Å²) in [6.45, 7) is 4.05. The Kier molecular flexibility index (Phi) is 3.42. The number of carboxylic acids is 1. The second-order valence-electron chi connectivity index (χ2n) is 4.48. The maximum absolute atomic E-state index is 11.0. The minimum absolute atomic E-state index is 0.107. The molecule has 98 valence electrons. The van der Waals surface area contributed by atoms with E-state index in [1.54, 1.807) is 18.2 Å². The lowest BCUT2D eigenvalue weighted by Crippen LogP contribution is -2.03. The number of hydrogen-bond donors (Lipinski definition) is 3. The summed E-state index contributed by atoms with van der Waals surface area (Å²) >= 11 is 0. The van der Waals surface area contributed by atoms with Crippen LogP contribution >= 0.6 is 0 Å². The molecule has 0 unspecified atom stereocenters. The van der Waals surface area contributed by atoms with Crippen molar-refractivity contribution in [3.8, 4) is 0 Å². The first kappa shape index (κ1) is 13.0. The predicted molar refractivity (Wildman–Crippen MR) is 77.0 cm³/mol. The first-order valence-corrected chi connectivity index (χ1v) is 5.95. The molecule has 2 rings (SSSR count). The lowest BCUT2D eigenvalue weighted by molar-refractivity contribution is 0.0698. The molecule has 0 saturated carbocycles. The number of nitrogens with one attached hydrogen (secondary N) is 1. The van der Waals surface area contributed by atoms with Crippen LogP contribution in [0.4, 0.5) is 17.1 Å². The lowest BCUT2D eigenvalue weighted by atomic mass is 10.1. The van der Waals surface area contributed by atoms with Crippen LogP contribution in [-0.2, 0) is 0 Å². The molecular weight excluding hydrogens is 240 g/mol. The highest BCUT2D eigenvalue weighted by atomic mass is 16.4. The molecule has 0 amide bonds. The van der Waals surface area contributed by atoms with Gasteiger partial charge in [0.1, 0.15) is 0 Å². The van der Waals surface area contributed by atoms with Crippen LogP contribution in [-0.4, -0.2) is 11.1 Å². The first-order valence-electron chi connectivity index (χ1n) is 5.95. The number of rotatable bonds is 3. The summed E-state index contributed by atoms with van der Waals surface area (Å²) in [6.07, 6.45) is 0. The third kappa shape index (κ3) is 2.68. The molecule has 4 heteroatoms. The van der Waals surface area contributed by atoms with Crippen molar-refractivity contribution in [3.05, 3.63) is 53.1 Å². The van der Waals surface area contributed by atoms with Crippen molar-refractivity contribution in [1.82, 2.24) is 0 Å². The third-order valence-electron chi connectivity index (χ3n) is 3.17. The predicted octanol–water partition coefficient (Wildman–Crippen LogP) is 3.33. The maximum atomic E-state index is 11.0. The van der Waals surface area contributed by atoms with Crippen molar-refractivity contribution in [2.24, 2.45) is 0 Å². The van der Waals surface area contributed by atoms with E-state index in [-0.39, 0.29) is 11.3 Å². The minimum atomic E-state index is -1.03. The number of aryl methyl sites for hydroxylation is 1. The number of nitrogen functional groups attached to an aromatic ring is 1. The van der Waals surface area contributed by atoms with Gasteiger partial charge in [-0.1, -0.05) is 12.1 Å². The molecule has 0 radical (unpaired) electrons. The van der Waals surface area contributed by atoms with Crippen molar-refractivity contribution in [2.75, 3.05) is 11.1 Å². The molecule has 0 atom stereocenters. The zero-order chi connectivity index (χ0) is 14.0. The van der Waals surface area contributed by atoms with Crippen molar-refractivity contribution in [1.29, 1.82) is 0 Å². The fourth-order valence-electron chi connectivity index (χ4n) is 1.86. The van der Waals surface area contributed by atoms with Gasteiger partial charge in [0.15, 0.2) is 0 Å². The topological polar surface area (TPSA) is 75.3 Å². The third-order valence-corrected chi connectivity index (χ3v) is 3.17. The fourth-order valence-corrected chi connectivity index (χ4v) is 1.86. The Morgan fingerprint density at radius 3 is 2.63 bits per heavy atom. The van der Waals surface area contributed by atoms with E-state index in [1.807, 2.05) is 32.0 Å². The number of benzene rings is 2. The van der Waals surface area contributed by atoms with Gasteiger partial charge in [0.2, 0.25) is 0 Å². The molecule has 0 aliphatic carbocycles. The summed E-state index contributed by atoms with van der Waals surface area (Å²) in [5, 5.41) is 12.3. The zero-order valence-electron chi connectivity index (χ0n) is 10.9. The number of aromatic carboxylic acids is 1. The molecule has 2 aromatic rings. The number of nitrogens with two attached hydrogens (primary N) is 1. The second-order valence-corrected chi connectivity index (χ2v) is 4.48. The molecule has 4 nitrogen and oxygen atoms in total. The van der Waals surface area contributed by atoms with Crippen LogP contribution in [0.2, 0.25) is 0 Å². The molecule has 19 heavy (non-hydrogen) atoms. The Labute approximate surface area is 111 Å². The van der Waals surface area contributed by atoms with Gasteiger partial charge in [-0.2, -0.15) is 0 Å². The lowest BCUT2D eigenvalue weighted by Gasteiger charge is -2.12. The summed E-state index contributed by atoms with van der Waals surface area (Å²) in [5.74, 6) is -1.03. The number of hydrogen-bond acceptors (Lipinski definition) is 3. The van der Waals surface area contributed by atoms with Crippen LogP contribution < -0.4 is 11.1 Å². The Bertz CT molecular complexity index is 636. The molecule has 0 aliphatic heterocycles. The van der Waals surface area contributed by atoms with Gasteiger partial charge in [-0.05, 0) is 49.2 Å². The Morgan fingerprint density at radius 1 is 1.21 bits per heavy atom. The van der Waals surface area contributed by atoms with Crippen molar-refractivity contribution in [2.45, 2.75) is 13.8 Å². The van der Waals surface area contributed by atoms with Gasteiger partial charge >= 0.3 is 5.97 Å². The molecule has 0 fully saturated rings. The molecule has 0 saturated heterocycles. The summed E-state index contributed by atoms with van der Waals surface area (Å²) in [5.41, 5.74) is 9.98. The molecule has 2 aromatic carbocycles. The van der Waals surface area contributed by atoms with Crippen LogP contribution in [0.15, 0.2) is 36.4 Å². The molecule has 0 aliphatic rings. The Hall–Kier alpha value is -2.49. The highest BCUT2D eigenvalue weighted by Gasteiger charge is 2.09. The molecular formula is C15H16N2O2. The highest BCUT2D eigenvalue weighted by Crippen LogP contribution is 2.25. The van der Waals surface area contributed by atoms with E-state index in [9.17, 15) is 4.79 Å². The molecule has 0 bridgehead atoms. The van der Waals surface area contributed by atoms with E-state index in [0.29, 0.717) is 5.69 Å². The van der Waals surface area contributed by atoms with Gasteiger partial charge in [-0.3, -0.25) is 0 Å². The van der Waals surface area contributed by atoms with Gasteiger partial charge in [-0.25, -0.2) is 4.79 Å². The fraction of sp³-hybridized carbons (Fsp3) is 0.133. The average Bonchev–Trinajstić information content (AvgIpc) is 2.37. The summed E-state index contributed by atoms with van der Waals surface area (Å²) in [4.78, 5) is 11.0. The van der Waals surface area contributed by atoms with Crippen molar-refractivity contribution >= 4 is 23.0 Å². The largest absolute Gasteiger partial charge is 0.478 e. The zero-order valence-corrected chi connectivity index (χ0v) is 10.9. The monoisotopic (exact) mass is 256 g/mol. The van der Waals surface area contributed by atoms with E-state index < -0.39 is 5.97 Å². The van der Waals surface area contributed by atoms with Crippen LogP contribution in [0, 0.1) is 13.8 Å². The molecule has 4 N–H and O–H groups in total. The normalized spacial score (nSPS) is 10.2. The van der Waals surface area contributed by atoms with E-state index in [0.717, 1.165) is 11.3 Å². The smallest absolute Gasteiger partial charge is 0.337 e. The molecule has 0 aromatic heterocycles. The van der Waals surface area contributed by atoms with E-state index in [2.05, 4.69) is 5.32 Å². The van der Waals surface area contributed by atoms with Gasteiger partial charge in [-0.15, -0.1) is 0 Å². The van der Waals surface area contributed by atoms with Crippen LogP contribution in [0.25, 0.3) is 0 Å². The van der Waals surface area contributed by atoms with Gasteiger partial charge in [0.25, 0.3) is 0 Å². The standard InChI is InChI=1S/C15H16N2O2/c1-9-4-3-5-14(10(9)2)17-11-6-7-13(16)12(8-11)15(18)19/h3-8,17H,16H2,1-2H3,(H,18,19). The molecule has 0 heterocycles. The Morgan fingerprint density at radius 2 is 1.95 bits per heavy atom. The van der Waals surface area contributed by atoms with E-state index in [1.165, 1.54) is 5.56 Å². The van der Waals surface area contributed by atoms with Gasteiger partial charge in [0, 0.05) is 17.1 Å². The van der Waals surface area contributed by atoms with Crippen molar-refractivity contribution in [3.63, 3.8) is 0 Å². The summed E-state index contributed by atoms with van der Waals surface area (Å²) in [6, 6.07) is 10.9. The van der Waals surface area contributed by atoms with Crippen LogP contribution in [0.3, 0.4) is 0 Å². The SMILES string of the molecule is Cc1cccc(Nc2ccc(N)c(C(=O)O)c2)c1C. The van der Waals surface area contributed by atoms with Crippen LogP contribution in [0.5, 0.6) is 0 Å². The highest BCUT2D eigenvalue weighted by molar-refractivity contribution is 5.95. The number of anilines is 3. The number of carbonyl (C=O) groups is 1. The maximum Gasteiger partial charge on any atom is 0.337 e.